The Morgan fingerprint density at radius 1 is 1.20 bits per heavy atom. The van der Waals surface area contributed by atoms with Gasteiger partial charge in [-0.2, -0.15) is 0 Å². The molecule has 4 nitrogen and oxygen atoms in total. The van der Waals surface area contributed by atoms with Gasteiger partial charge in [-0.3, -0.25) is 9.59 Å². The van der Waals surface area contributed by atoms with Crippen molar-refractivity contribution in [1.82, 2.24) is 10.2 Å². The summed E-state index contributed by atoms with van der Waals surface area (Å²) in [6, 6.07) is 7.86. The number of rotatable bonds is 4. The van der Waals surface area contributed by atoms with Crippen molar-refractivity contribution in [1.29, 1.82) is 0 Å². The lowest BCUT2D eigenvalue weighted by atomic mass is 10.1. The fraction of sp³-hybridized carbons (Fsp3) is 0.500. The zero-order valence-corrected chi connectivity index (χ0v) is 12.0. The minimum Gasteiger partial charge on any atom is -0.347 e. The van der Waals surface area contributed by atoms with Gasteiger partial charge in [0.2, 0.25) is 11.8 Å². The lowest BCUT2D eigenvalue weighted by molar-refractivity contribution is -0.133. The maximum Gasteiger partial charge on any atom is 0.241 e. The van der Waals surface area contributed by atoms with Gasteiger partial charge < -0.3 is 10.2 Å². The summed E-state index contributed by atoms with van der Waals surface area (Å²) in [5.41, 5.74) is 2.12. The number of amides is 2. The highest BCUT2D eigenvalue weighted by molar-refractivity contribution is 5.85. The topological polar surface area (TPSA) is 49.4 Å². The van der Waals surface area contributed by atoms with Crippen molar-refractivity contribution < 1.29 is 9.59 Å². The number of aryl methyl sites for hydroxylation is 1. The van der Waals surface area contributed by atoms with E-state index in [-0.39, 0.29) is 18.4 Å². The molecule has 1 aliphatic heterocycles. The predicted molar refractivity (Wildman–Crippen MR) is 78.3 cm³/mol. The number of hydrogen-bond acceptors (Lipinski definition) is 2. The molecule has 2 rings (SSSR count). The van der Waals surface area contributed by atoms with Gasteiger partial charge in [0, 0.05) is 13.1 Å². The van der Waals surface area contributed by atoms with Crippen molar-refractivity contribution in [2.24, 2.45) is 0 Å². The van der Waals surface area contributed by atoms with Crippen LogP contribution < -0.4 is 5.32 Å². The number of hydrogen-bond donors (Lipinski definition) is 1. The Bertz CT molecular complexity index is 479. The van der Waals surface area contributed by atoms with E-state index in [4.69, 9.17) is 0 Å². The van der Waals surface area contributed by atoms with E-state index >= 15 is 0 Å². The molecule has 0 radical (unpaired) electrons. The molecule has 1 saturated heterocycles. The molecular weight excluding hydrogens is 252 g/mol. The lowest BCUT2D eigenvalue weighted by Crippen LogP contribution is -2.42. The van der Waals surface area contributed by atoms with Crippen LogP contribution >= 0.6 is 0 Å². The molecule has 0 aliphatic carbocycles. The van der Waals surface area contributed by atoms with Gasteiger partial charge in [-0.15, -0.1) is 0 Å². The Morgan fingerprint density at radius 3 is 2.65 bits per heavy atom. The van der Waals surface area contributed by atoms with Crippen LogP contribution in [-0.2, 0) is 16.0 Å². The molecular formula is C16H22N2O2. The Hall–Kier alpha value is -1.84. The monoisotopic (exact) mass is 274 g/mol. The third-order valence-electron chi connectivity index (χ3n) is 3.59. The second kappa shape index (κ2) is 7.08. The largest absolute Gasteiger partial charge is 0.347 e. The first-order valence-electron chi connectivity index (χ1n) is 7.25. The van der Waals surface area contributed by atoms with E-state index in [2.05, 4.69) is 5.32 Å². The van der Waals surface area contributed by atoms with Crippen molar-refractivity contribution in [2.45, 2.75) is 32.6 Å². The number of benzene rings is 1. The summed E-state index contributed by atoms with van der Waals surface area (Å²) < 4.78 is 0. The standard InChI is InChI=1S/C16H22N2O2/c1-13-6-5-7-14(10-13)11-15(19)17-12-16(20)18-8-3-2-4-9-18/h5-7,10H,2-4,8-9,11-12H2,1H3,(H,17,19). The summed E-state index contributed by atoms with van der Waals surface area (Å²) >= 11 is 0. The molecule has 0 unspecified atom stereocenters. The minimum atomic E-state index is -0.0963. The van der Waals surface area contributed by atoms with E-state index in [0.717, 1.165) is 37.1 Å². The average molecular weight is 274 g/mol. The molecule has 1 aromatic carbocycles. The van der Waals surface area contributed by atoms with Crippen LogP contribution in [-0.4, -0.2) is 36.3 Å². The van der Waals surface area contributed by atoms with E-state index < -0.39 is 0 Å². The molecule has 1 aromatic rings. The van der Waals surface area contributed by atoms with Crippen LogP contribution in [0.2, 0.25) is 0 Å². The smallest absolute Gasteiger partial charge is 0.241 e. The van der Waals surface area contributed by atoms with Crippen molar-refractivity contribution >= 4 is 11.8 Å². The Kier molecular flexibility index (Phi) is 5.16. The van der Waals surface area contributed by atoms with Gasteiger partial charge in [-0.05, 0) is 31.7 Å². The van der Waals surface area contributed by atoms with Crippen LogP contribution in [0.3, 0.4) is 0 Å². The third-order valence-corrected chi connectivity index (χ3v) is 3.59. The Balaban J connectivity index is 1.75. The first-order valence-corrected chi connectivity index (χ1v) is 7.25. The number of nitrogens with one attached hydrogen (secondary N) is 1. The molecule has 0 atom stereocenters. The van der Waals surface area contributed by atoms with Crippen molar-refractivity contribution in [3.05, 3.63) is 35.4 Å². The molecule has 4 heteroatoms. The third kappa shape index (κ3) is 4.37. The first-order chi connectivity index (χ1) is 9.65. The highest BCUT2D eigenvalue weighted by Gasteiger charge is 2.16. The first kappa shape index (κ1) is 14.6. The molecule has 0 spiro atoms. The summed E-state index contributed by atoms with van der Waals surface area (Å²) in [4.78, 5) is 25.6. The van der Waals surface area contributed by atoms with E-state index in [9.17, 15) is 9.59 Å². The van der Waals surface area contributed by atoms with Gasteiger partial charge >= 0.3 is 0 Å². The highest BCUT2D eigenvalue weighted by atomic mass is 16.2. The number of carbonyl (C=O) groups excluding carboxylic acids is 2. The number of likely N-dealkylation sites (tertiary alicyclic amines) is 1. The molecule has 0 aromatic heterocycles. The van der Waals surface area contributed by atoms with Gasteiger partial charge in [0.05, 0.1) is 13.0 Å². The van der Waals surface area contributed by atoms with E-state index in [1.165, 1.54) is 6.42 Å². The van der Waals surface area contributed by atoms with Crippen LogP contribution in [0.1, 0.15) is 30.4 Å². The molecule has 108 valence electrons. The van der Waals surface area contributed by atoms with Gasteiger partial charge in [0.1, 0.15) is 0 Å². The molecule has 1 fully saturated rings. The normalized spacial score (nSPS) is 14.9. The Morgan fingerprint density at radius 2 is 1.95 bits per heavy atom. The fourth-order valence-corrected chi connectivity index (χ4v) is 2.50. The number of nitrogens with zero attached hydrogens (tertiary/aromatic N) is 1. The Labute approximate surface area is 120 Å². The summed E-state index contributed by atoms with van der Waals surface area (Å²) in [5, 5.41) is 2.72. The number of carbonyl (C=O) groups is 2. The van der Waals surface area contributed by atoms with Crippen LogP contribution in [0.5, 0.6) is 0 Å². The second-order valence-electron chi connectivity index (χ2n) is 5.38. The summed E-state index contributed by atoms with van der Waals surface area (Å²) in [6.07, 6.45) is 3.67. The summed E-state index contributed by atoms with van der Waals surface area (Å²) in [5.74, 6) is -0.0664. The molecule has 0 bridgehead atoms. The van der Waals surface area contributed by atoms with Crippen molar-refractivity contribution in [3.63, 3.8) is 0 Å². The van der Waals surface area contributed by atoms with E-state index in [1.54, 1.807) is 0 Å². The molecule has 2 amide bonds. The van der Waals surface area contributed by atoms with Gasteiger partial charge in [0.15, 0.2) is 0 Å². The van der Waals surface area contributed by atoms with E-state index in [1.807, 2.05) is 36.1 Å². The summed E-state index contributed by atoms with van der Waals surface area (Å²) in [7, 11) is 0. The second-order valence-corrected chi connectivity index (χ2v) is 5.38. The molecule has 1 aliphatic rings. The van der Waals surface area contributed by atoms with Crippen LogP contribution in [0.15, 0.2) is 24.3 Å². The summed E-state index contributed by atoms with van der Waals surface area (Å²) in [6.45, 7) is 3.77. The zero-order valence-electron chi connectivity index (χ0n) is 12.0. The molecule has 0 saturated carbocycles. The number of piperidine rings is 1. The van der Waals surface area contributed by atoms with Gasteiger partial charge in [0.25, 0.3) is 0 Å². The maximum atomic E-state index is 11.9. The quantitative estimate of drug-likeness (QED) is 0.908. The zero-order chi connectivity index (χ0) is 14.4. The lowest BCUT2D eigenvalue weighted by Gasteiger charge is -2.26. The van der Waals surface area contributed by atoms with Crippen molar-refractivity contribution in [3.8, 4) is 0 Å². The minimum absolute atomic E-state index is 0.0299. The van der Waals surface area contributed by atoms with Crippen molar-refractivity contribution in [2.75, 3.05) is 19.6 Å². The van der Waals surface area contributed by atoms with Gasteiger partial charge in [-0.25, -0.2) is 0 Å². The van der Waals surface area contributed by atoms with Gasteiger partial charge in [-0.1, -0.05) is 29.8 Å². The molecule has 20 heavy (non-hydrogen) atoms. The molecule has 1 N–H and O–H groups in total. The van der Waals surface area contributed by atoms with Crippen LogP contribution in [0, 0.1) is 6.92 Å². The van der Waals surface area contributed by atoms with Crippen LogP contribution in [0.25, 0.3) is 0 Å². The predicted octanol–water partition coefficient (Wildman–Crippen LogP) is 1.67. The SMILES string of the molecule is Cc1cccc(CC(=O)NCC(=O)N2CCCCC2)c1. The maximum absolute atomic E-state index is 11.9. The van der Waals surface area contributed by atoms with E-state index in [0.29, 0.717) is 6.42 Å². The fourth-order valence-electron chi connectivity index (χ4n) is 2.50. The van der Waals surface area contributed by atoms with Crippen LogP contribution in [0.4, 0.5) is 0 Å². The average Bonchev–Trinajstić information content (AvgIpc) is 2.46. The molecule has 1 heterocycles. The highest BCUT2D eigenvalue weighted by Crippen LogP contribution is 2.08.